The maximum absolute atomic E-state index is 13.1. The number of nitrogens with one attached hydrogen (secondary N) is 1. The molecule has 0 aromatic heterocycles. The zero-order chi connectivity index (χ0) is 15.8. The van der Waals surface area contributed by atoms with Crippen molar-refractivity contribution in [1.29, 1.82) is 0 Å². The van der Waals surface area contributed by atoms with Gasteiger partial charge in [-0.2, -0.15) is 0 Å². The molecule has 0 aliphatic rings. The third-order valence-electron chi connectivity index (χ3n) is 3.60. The van der Waals surface area contributed by atoms with Gasteiger partial charge < -0.3 is 10.4 Å². The third kappa shape index (κ3) is 5.94. The number of hydrogen-bond donors (Lipinski definition) is 2. The smallest absolute Gasteiger partial charge is 0.303 e. The molecular formula is C16H22FNO3. The lowest BCUT2D eigenvalue weighted by Crippen LogP contribution is -2.26. The van der Waals surface area contributed by atoms with E-state index in [1.807, 2.05) is 6.92 Å². The highest BCUT2D eigenvalue weighted by Crippen LogP contribution is 2.15. The second-order valence-corrected chi connectivity index (χ2v) is 5.22. The lowest BCUT2D eigenvalue weighted by atomic mass is 9.96. The minimum Gasteiger partial charge on any atom is -0.481 e. The van der Waals surface area contributed by atoms with Gasteiger partial charge in [-0.25, -0.2) is 4.39 Å². The molecule has 1 aromatic rings. The maximum atomic E-state index is 13.1. The Morgan fingerprint density at radius 2 is 2.05 bits per heavy atom. The van der Waals surface area contributed by atoms with Gasteiger partial charge >= 0.3 is 5.97 Å². The molecule has 0 bridgehead atoms. The molecule has 116 valence electrons. The molecule has 0 saturated carbocycles. The van der Waals surface area contributed by atoms with Gasteiger partial charge in [0.25, 0.3) is 5.91 Å². The number of carboxylic acids is 1. The van der Waals surface area contributed by atoms with Crippen LogP contribution in [0.25, 0.3) is 0 Å². The fourth-order valence-corrected chi connectivity index (χ4v) is 2.16. The number of aliphatic carboxylic acids is 1. The molecule has 1 amide bonds. The molecule has 1 rings (SSSR count). The van der Waals surface area contributed by atoms with E-state index >= 15 is 0 Å². The number of aryl methyl sites for hydroxylation is 1. The van der Waals surface area contributed by atoms with Gasteiger partial charge in [0.15, 0.2) is 0 Å². The van der Waals surface area contributed by atoms with Crippen LogP contribution in [0.4, 0.5) is 4.39 Å². The normalized spacial score (nSPS) is 12.0. The fraction of sp³-hybridized carbons (Fsp3) is 0.500. The summed E-state index contributed by atoms with van der Waals surface area (Å²) in [5.41, 5.74) is 0.878. The minimum atomic E-state index is -0.792. The molecule has 0 fully saturated rings. The highest BCUT2D eigenvalue weighted by Gasteiger charge is 2.11. The molecule has 2 N–H and O–H groups in total. The molecule has 1 aromatic carbocycles. The van der Waals surface area contributed by atoms with E-state index in [1.54, 1.807) is 6.92 Å². The predicted octanol–water partition coefficient (Wildman–Crippen LogP) is 3.15. The average Bonchev–Trinajstić information content (AvgIpc) is 2.45. The Morgan fingerprint density at radius 3 is 2.62 bits per heavy atom. The molecule has 0 spiro atoms. The van der Waals surface area contributed by atoms with Crippen LogP contribution in [0.3, 0.4) is 0 Å². The van der Waals surface area contributed by atoms with Crippen LogP contribution in [0.15, 0.2) is 18.2 Å². The summed E-state index contributed by atoms with van der Waals surface area (Å²) in [5.74, 6) is -1.06. The topological polar surface area (TPSA) is 66.4 Å². The van der Waals surface area contributed by atoms with Crippen LogP contribution in [0.2, 0.25) is 0 Å². The van der Waals surface area contributed by atoms with E-state index in [0.717, 1.165) is 12.8 Å². The SMILES string of the molecule is CCC(CCNC(=O)c1ccc(F)c(C)c1)CCC(=O)O. The van der Waals surface area contributed by atoms with E-state index < -0.39 is 5.97 Å². The van der Waals surface area contributed by atoms with Crippen LogP contribution >= 0.6 is 0 Å². The van der Waals surface area contributed by atoms with Crippen molar-refractivity contribution in [2.45, 2.75) is 39.5 Å². The van der Waals surface area contributed by atoms with Crippen LogP contribution in [0.1, 0.15) is 48.5 Å². The molecule has 0 radical (unpaired) electrons. The minimum absolute atomic E-state index is 0.156. The van der Waals surface area contributed by atoms with E-state index in [-0.39, 0.29) is 24.1 Å². The molecule has 0 aliphatic carbocycles. The van der Waals surface area contributed by atoms with Crippen LogP contribution in [0.5, 0.6) is 0 Å². The summed E-state index contributed by atoms with van der Waals surface area (Å²) >= 11 is 0. The molecule has 0 aliphatic heterocycles. The Labute approximate surface area is 124 Å². The van der Waals surface area contributed by atoms with Gasteiger partial charge in [-0.15, -0.1) is 0 Å². The molecule has 1 atom stereocenters. The summed E-state index contributed by atoms with van der Waals surface area (Å²) < 4.78 is 13.1. The lowest BCUT2D eigenvalue weighted by Gasteiger charge is -2.14. The maximum Gasteiger partial charge on any atom is 0.303 e. The van der Waals surface area contributed by atoms with Crippen molar-refractivity contribution < 1.29 is 19.1 Å². The Morgan fingerprint density at radius 1 is 1.33 bits per heavy atom. The largest absolute Gasteiger partial charge is 0.481 e. The van der Waals surface area contributed by atoms with Gasteiger partial charge in [0, 0.05) is 18.5 Å². The quantitative estimate of drug-likeness (QED) is 0.774. The highest BCUT2D eigenvalue weighted by atomic mass is 19.1. The monoisotopic (exact) mass is 295 g/mol. The van der Waals surface area contributed by atoms with Gasteiger partial charge in [0.2, 0.25) is 0 Å². The van der Waals surface area contributed by atoms with Crippen molar-refractivity contribution in [3.05, 3.63) is 35.1 Å². The van der Waals surface area contributed by atoms with Gasteiger partial charge in [-0.1, -0.05) is 13.3 Å². The standard InChI is InChI=1S/C16H22FNO3/c1-3-12(4-7-15(19)20)8-9-18-16(21)13-5-6-14(17)11(2)10-13/h5-6,10,12H,3-4,7-9H2,1-2H3,(H,18,21)(H,19,20). The Kier molecular flexibility index (Phi) is 6.85. The van der Waals surface area contributed by atoms with Crippen molar-refractivity contribution in [3.8, 4) is 0 Å². The number of carbonyl (C=O) groups is 2. The first-order valence-electron chi connectivity index (χ1n) is 7.20. The summed E-state index contributed by atoms with van der Waals surface area (Å²) in [7, 11) is 0. The second kappa shape index (κ2) is 8.39. The zero-order valence-corrected chi connectivity index (χ0v) is 12.5. The fourth-order valence-electron chi connectivity index (χ4n) is 2.16. The number of carbonyl (C=O) groups excluding carboxylic acids is 1. The van der Waals surface area contributed by atoms with E-state index in [4.69, 9.17) is 5.11 Å². The molecule has 1 unspecified atom stereocenters. The number of halogens is 1. The molecule has 0 saturated heterocycles. The number of amides is 1. The lowest BCUT2D eigenvalue weighted by molar-refractivity contribution is -0.137. The number of hydrogen-bond acceptors (Lipinski definition) is 2. The van der Waals surface area contributed by atoms with Crippen molar-refractivity contribution in [1.82, 2.24) is 5.32 Å². The average molecular weight is 295 g/mol. The van der Waals surface area contributed by atoms with E-state index in [2.05, 4.69) is 5.32 Å². The third-order valence-corrected chi connectivity index (χ3v) is 3.60. The van der Waals surface area contributed by atoms with Gasteiger partial charge in [-0.05, 0) is 49.4 Å². The number of benzene rings is 1. The number of carboxylic acid groups (broad SMARTS) is 1. The first-order valence-corrected chi connectivity index (χ1v) is 7.20. The van der Waals surface area contributed by atoms with Crippen LogP contribution in [0, 0.1) is 18.7 Å². The summed E-state index contributed by atoms with van der Waals surface area (Å²) in [4.78, 5) is 22.5. The van der Waals surface area contributed by atoms with E-state index in [9.17, 15) is 14.0 Å². The van der Waals surface area contributed by atoms with Gasteiger partial charge in [-0.3, -0.25) is 9.59 Å². The summed E-state index contributed by atoms with van der Waals surface area (Å²) in [6.45, 7) is 4.12. The van der Waals surface area contributed by atoms with Gasteiger partial charge in [0.05, 0.1) is 0 Å². The second-order valence-electron chi connectivity index (χ2n) is 5.22. The van der Waals surface area contributed by atoms with Crippen molar-refractivity contribution >= 4 is 11.9 Å². The predicted molar refractivity (Wildman–Crippen MR) is 78.7 cm³/mol. The molecule has 0 heterocycles. The molecule has 4 nitrogen and oxygen atoms in total. The number of rotatable bonds is 8. The van der Waals surface area contributed by atoms with Crippen LogP contribution in [-0.4, -0.2) is 23.5 Å². The van der Waals surface area contributed by atoms with Gasteiger partial charge in [0.1, 0.15) is 5.82 Å². The van der Waals surface area contributed by atoms with Crippen molar-refractivity contribution in [3.63, 3.8) is 0 Å². The highest BCUT2D eigenvalue weighted by molar-refractivity contribution is 5.94. The molecular weight excluding hydrogens is 273 g/mol. The zero-order valence-electron chi connectivity index (χ0n) is 12.5. The van der Waals surface area contributed by atoms with Crippen molar-refractivity contribution in [2.75, 3.05) is 6.54 Å². The molecule has 5 heteroatoms. The molecule has 21 heavy (non-hydrogen) atoms. The van der Waals surface area contributed by atoms with E-state index in [1.165, 1.54) is 18.2 Å². The summed E-state index contributed by atoms with van der Waals surface area (Å²) in [5, 5.41) is 11.5. The summed E-state index contributed by atoms with van der Waals surface area (Å²) in [6.07, 6.45) is 2.41. The van der Waals surface area contributed by atoms with E-state index in [0.29, 0.717) is 24.1 Å². The van der Waals surface area contributed by atoms with Crippen molar-refractivity contribution in [2.24, 2.45) is 5.92 Å². The van der Waals surface area contributed by atoms with Crippen LogP contribution in [-0.2, 0) is 4.79 Å². The Bertz CT molecular complexity index is 502. The Hall–Kier alpha value is -1.91. The first-order chi connectivity index (χ1) is 9.93. The first kappa shape index (κ1) is 17.1. The summed E-state index contributed by atoms with van der Waals surface area (Å²) in [6, 6.07) is 4.26. The Balaban J connectivity index is 2.41. The van der Waals surface area contributed by atoms with Crippen LogP contribution < -0.4 is 5.32 Å².